The fourth-order valence-corrected chi connectivity index (χ4v) is 3.62. The third-order valence-electron chi connectivity index (χ3n) is 1.98. The molecule has 14 heavy (non-hydrogen) atoms. The van der Waals surface area contributed by atoms with Crippen LogP contribution in [0.25, 0.3) is 10.1 Å². The van der Waals surface area contributed by atoms with Gasteiger partial charge in [0, 0.05) is 15.7 Å². The number of hydrogen-bond acceptors (Lipinski definition) is 3. The second-order valence-electron chi connectivity index (χ2n) is 2.71. The van der Waals surface area contributed by atoms with Crippen molar-refractivity contribution in [3.05, 3.63) is 28.1 Å². The highest BCUT2D eigenvalue weighted by Crippen LogP contribution is 2.38. The first-order valence-electron chi connectivity index (χ1n) is 3.91. The van der Waals surface area contributed by atoms with Crippen LogP contribution in [0.2, 0.25) is 5.02 Å². The molecule has 2 rings (SSSR count). The number of thioether (sulfide) groups is 1. The zero-order valence-electron chi connectivity index (χ0n) is 7.37. The van der Waals surface area contributed by atoms with Gasteiger partial charge in [0.15, 0.2) is 0 Å². The lowest BCUT2D eigenvalue weighted by Gasteiger charge is -1.98. The SMILES string of the molecule is CSc1csc2c(C#N)ccc(Cl)c12. The number of rotatable bonds is 1. The van der Waals surface area contributed by atoms with Gasteiger partial charge in [0.2, 0.25) is 0 Å². The van der Waals surface area contributed by atoms with E-state index in [9.17, 15) is 0 Å². The van der Waals surface area contributed by atoms with Crippen LogP contribution in [0.1, 0.15) is 5.56 Å². The third-order valence-corrected chi connectivity index (χ3v) is 4.22. The normalized spacial score (nSPS) is 10.4. The molecule has 4 heteroatoms. The molecule has 0 amide bonds. The molecule has 0 aliphatic carbocycles. The van der Waals surface area contributed by atoms with Gasteiger partial charge >= 0.3 is 0 Å². The van der Waals surface area contributed by atoms with Crippen molar-refractivity contribution in [2.45, 2.75) is 4.90 Å². The Labute approximate surface area is 95.3 Å². The molecule has 0 bridgehead atoms. The second kappa shape index (κ2) is 3.82. The maximum atomic E-state index is 8.92. The fourth-order valence-electron chi connectivity index (χ4n) is 1.32. The van der Waals surface area contributed by atoms with E-state index < -0.39 is 0 Å². The van der Waals surface area contributed by atoms with Crippen molar-refractivity contribution in [1.82, 2.24) is 0 Å². The largest absolute Gasteiger partial charge is 0.192 e. The van der Waals surface area contributed by atoms with Gasteiger partial charge in [0.05, 0.1) is 15.3 Å². The molecule has 0 saturated heterocycles. The smallest absolute Gasteiger partial charge is 0.101 e. The van der Waals surface area contributed by atoms with E-state index in [1.54, 1.807) is 35.2 Å². The molecule has 0 fully saturated rings. The molecule has 0 aliphatic rings. The van der Waals surface area contributed by atoms with Crippen LogP contribution in [0.4, 0.5) is 0 Å². The van der Waals surface area contributed by atoms with Crippen molar-refractivity contribution in [3.8, 4) is 6.07 Å². The topological polar surface area (TPSA) is 23.8 Å². The Morgan fingerprint density at radius 3 is 2.93 bits per heavy atom. The average Bonchev–Trinajstić information content (AvgIpc) is 2.63. The molecule has 0 saturated carbocycles. The Morgan fingerprint density at radius 2 is 2.29 bits per heavy atom. The summed E-state index contributed by atoms with van der Waals surface area (Å²) in [6, 6.07) is 5.73. The van der Waals surface area contributed by atoms with Crippen LogP contribution >= 0.6 is 34.7 Å². The summed E-state index contributed by atoms with van der Waals surface area (Å²) < 4.78 is 0.990. The molecule has 70 valence electrons. The zero-order valence-corrected chi connectivity index (χ0v) is 9.76. The van der Waals surface area contributed by atoms with Gasteiger partial charge in [0.1, 0.15) is 6.07 Å². The molecule has 0 atom stereocenters. The van der Waals surface area contributed by atoms with E-state index in [4.69, 9.17) is 16.9 Å². The second-order valence-corrected chi connectivity index (χ2v) is 4.85. The van der Waals surface area contributed by atoms with E-state index in [0.717, 1.165) is 20.0 Å². The molecule has 1 aromatic heterocycles. The van der Waals surface area contributed by atoms with Gasteiger partial charge in [-0.3, -0.25) is 0 Å². The minimum Gasteiger partial charge on any atom is -0.192 e. The Hall–Kier alpha value is -0.690. The highest BCUT2D eigenvalue weighted by atomic mass is 35.5. The average molecular weight is 240 g/mol. The predicted octanol–water partition coefficient (Wildman–Crippen LogP) is 4.15. The van der Waals surface area contributed by atoms with Crippen LogP contribution in [0.5, 0.6) is 0 Å². The molecule has 1 nitrogen and oxygen atoms in total. The van der Waals surface area contributed by atoms with E-state index in [-0.39, 0.29) is 0 Å². The molecule has 0 spiro atoms. The van der Waals surface area contributed by atoms with Crippen LogP contribution in [-0.2, 0) is 0 Å². The first kappa shape index (κ1) is 9.85. The molecule has 1 heterocycles. The summed E-state index contributed by atoms with van der Waals surface area (Å²) in [7, 11) is 0. The van der Waals surface area contributed by atoms with E-state index in [1.807, 2.05) is 11.6 Å². The van der Waals surface area contributed by atoms with Crippen LogP contribution < -0.4 is 0 Å². The van der Waals surface area contributed by atoms with E-state index in [0.29, 0.717) is 5.56 Å². The first-order valence-corrected chi connectivity index (χ1v) is 6.40. The predicted molar refractivity (Wildman–Crippen MR) is 63.3 cm³/mol. The van der Waals surface area contributed by atoms with E-state index in [2.05, 4.69) is 6.07 Å². The number of thiophene rings is 1. The van der Waals surface area contributed by atoms with Gasteiger partial charge in [-0.25, -0.2) is 0 Å². The molecule has 0 radical (unpaired) electrons. The maximum Gasteiger partial charge on any atom is 0.101 e. The molecule has 0 unspecified atom stereocenters. The number of halogens is 1. The highest BCUT2D eigenvalue weighted by Gasteiger charge is 2.10. The Balaban J connectivity index is 2.89. The van der Waals surface area contributed by atoms with Gasteiger partial charge in [0.25, 0.3) is 0 Å². The van der Waals surface area contributed by atoms with Gasteiger partial charge in [-0.2, -0.15) is 5.26 Å². The van der Waals surface area contributed by atoms with Crippen LogP contribution in [0.15, 0.2) is 22.4 Å². The lowest BCUT2D eigenvalue weighted by molar-refractivity contribution is 1.51. The summed E-state index contributed by atoms with van der Waals surface area (Å²) in [5, 5.41) is 12.7. The minimum absolute atomic E-state index is 0.703. The summed E-state index contributed by atoms with van der Waals surface area (Å²) in [6.45, 7) is 0. The van der Waals surface area contributed by atoms with Gasteiger partial charge in [-0.15, -0.1) is 23.1 Å². The van der Waals surface area contributed by atoms with Crippen LogP contribution in [0, 0.1) is 11.3 Å². The molecule has 1 aromatic carbocycles. The highest BCUT2D eigenvalue weighted by molar-refractivity contribution is 7.99. The third kappa shape index (κ3) is 1.40. The number of fused-ring (bicyclic) bond motifs is 1. The number of hydrogen-bond donors (Lipinski definition) is 0. The van der Waals surface area contributed by atoms with Crippen molar-refractivity contribution in [2.24, 2.45) is 0 Å². The zero-order chi connectivity index (χ0) is 10.1. The van der Waals surface area contributed by atoms with Gasteiger partial charge < -0.3 is 0 Å². The van der Waals surface area contributed by atoms with Crippen LogP contribution in [0.3, 0.4) is 0 Å². The van der Waals surface area contributed by atoms with Gasteiger partial charge in [-0.1, -0.05) is 11.6 Å². The standard InChI is InChI=1S/C10H6ClNS2/c1-13-8-5-14-10-6(4-12)2-3-7(11)9(8)10/h2-3,5H,1H3. The van der Waals surface area contributed by atoms with Crippen molar-refractivity contribution in [2.75, 3.05) is 6.26 Å². The van der Waals surface area contributed by atoms with Crippen molar-refractivity contribution in [3.63, 3.8) is 0 Å². The van der Waals surface area contributed by atoms with Gasteiger partial charge in [-0.05, 0) is 18.4 Å². The fraction of sp³-hybridized carbons (Fsp3) is 0.100. The number of nitrogens with zero attached hydrogens (tertiary/aromatic N) is 1. The molecular weight excluding hydrogens is 234 g/mol. The van der Waals surface area contributed by atoms with E-state index in [1.165, 1.54) is 0 Å². The maximum absolute atomic E-state index is 8.92. The molecule has 0 aliphatic heterocycles. The summed E-state index contributed by atoms with van der Waals surface area (Å²) >= 11 is 9.33. The monoisotopic (exact) mass is 239 g/mol. The quantitative estimate of drug-likeness (QED) is 0.698. The summed E-state index contributed by atoms with van der Waals surface area (Å²) in [5.74, 6) is 0. The van der Waals surface area contributed by atoms with Crippen molar-refractivity contribution in [1.29, 1.82) is 5.26 Å². The Bertz CT molecular complexity index is 525. The molecule has 0 N–H and O–H groups in total. The summed E-state index contributed by atoms with van der Waals surface area (Å²) in [6.07, 6.45) is 2.01. The molecule has 2 aromatic rings. The summed E-state index contributed by atoms with van der Waals surface area (Å²) in [5.41, 5.74) is 0.703. The summed E-state index contributed by atoms with van der Waals surface area (Å²) in [4.78, 5) is 1.15. The molecular formula is C10H6ClNS2. The Morgan fingerprint density at radius 1 is 1.50 bits per heavy atom. The Kier molecular flexibility index (Phi) is 2.69. The number of benzene rings is 1. The van der Waals surface area contributed by atoms with Crippen molar-refractivity contribution < 1.29 is 0 Å². The first-order chi connectivity index (χ1) is 6.77. The van der Waals surface area contributed by atoms with Crippen molar-refractivity contribution >= 4 is 44.8 Å². The number of nitriles is 1. The lowest BCUT2D eigenvalue weighted by atomic mass is 10.2. The lowest BCUT2D eigenvalue weighted by Crippen LogP contribution is -1.76. The van der Waals surface area contributed by atoms with Crippen LogP contribution in [-0.4, -0.2) is 6.26 Å². The minimum atomic E-state index is 0.703. The van der Waals surface area contributed by atoms with E-state index >= 15 is 0 Å².